The molecule has 0 aliphatic rings. The fourth-order valence-corrected chi connectivity index (χ4v) is 3.42. The predicted octanol–water partition coefficient (Wildman–Crippen LogP) is 4.03. The maximum Gasteiger partial charge on any atom is 0.238 e. The molecule has 0 bridgehead atoms. The van der Waals surface area contributed by atoms with E-state index in [-0.39, 0.29) is 18.3 Å². The molecule has 1 aromatic heterocycles. The summed E-state index contributed by atoms with van der Waals surface area (Å²) in [7, 11) is 3.48. The Labute approximate surface area is 161 Å². The molecule has 3 rings (SSSR count). The summed E-state index contributed by atoms with van der Waals surface area (Å²) >= 11 is 1.55. The number of likely N-dealkylation sites (N-methyl/N-ethyl adjacent to an activating group) is 1. The van der Waals surface area contributed by atoms with Crippen molar-refractivity contribution < 1.29 is 13.9 Å². The number of carbonyl (C=O) groups is 1. The molecule has 0 spiro atoms. The smallest absolute Gasteiger partial charge is 0.238 e. The van der Waals surface area contributed by atoms with Crippen LogP contribution in [0.2, 0.25) is 0 Å². The summed E-state index contributed by atoms with van der Waals surface area (Å²) in [6.45, 7) is 0.722. The van der Waals surface area contributed by atoms with Crippen LogP contribution in [0.15, 0.2) is 53.9 Å². The van der Waals surface area contributed by atoms with Crippen molar-refractivity contribution in [3.05, 3.63) is 65.4 Å². The molecule has 0 saturated heterocycles. The molecule has 1 heterocycles. The Morgan fingerprint density at radius 2 is 2.07 bits per heavy atom. The molecule has 0 atom stereocenters. The van der Waals surface area contributed by atoms with Gasteiger partial charge in [0.25, 0.3) is 0 Å². The van der Waals surface area contributed by atoms with E-state index in [1.54, 1.807) is 30.6 Å². The molecule has 0 aliphatic carbocycles. The summed E-state index contributed by atoms with van der Waals surface area (Å²) in [6, 6.07) is 13.6. The number of thiazole rings is 1. The highest BCUT2D eigenvalue weighted by atomic mass is 32.1. The monoisotopic (exact) mass is 385 g/mol. The minimum absolute atomic E-state index is 0.183. The van der Waals surface area contributed by atoms with Crippen LogP contribution in [0.1, 0.15) is 5.69 Å². The second-order valence-electron chi connectivity index (χ2n) is 6.11. The first-order valence-electron chi connectivity index (χ1n) is 8.36. The maximum absolute atomic E-state index is 13.2. The molecular formula is C20H20FN3O2S. The van der Waals surface area contributed by atoms with E-state index in [2.05, 4.69) is 10.3 Å². The topological polar surface area (TPSA) is 54.5 Å². The molecule has 3 aromatic rings. The van der Waals surface area contributed by atoms with Gasteiger partial charge in [0.15, 0.2) is 0 Å². The maximum atomic E-state index is 13.2. The number of ether oxygens (including phenoxy) is 1. The van der Waals surface area contributed by atoms with Crippen LogP contribution in [0.4, 0.5) is 10.1 Å². The van der Waals surface area contributed by atoms with Crippen molar-refractivity contribution in [2.75, 3.05) is 26.0 Å². The van der Waals surface area contributed by atoms with Crippen molar-refractivity contribution >= 4 is 22.9 Å². The van der Waals surface area contributed by atoms with Crippen molar-refractivity contribution in [3.8, 4) is 16.3 Å². The van der Waals surface area contributed by atoms with Gasteiger partial charge in [-0.3, -0.25) is 9.69 Å². The molecule has 0 unspecified atom stereocenters. The SMILES string of the molecule is COc1cccc(-c2nc(CN(C)CC(=O)Nc3cccc(F)c3)cs2)c1. The van der Waals surface area contributed by atoms with E-state index in [9.17, 15) is 9.18 Å². The van der Waals surface area contributed by atoms with E-state index in [1.165, 1.54) is 12.1 Å². The number of rotatable bonds is 7. The number of aromatic nitrogens is 1. The number of methoxy groups -OCH3 is 1. The lowest BCUT2D eigenvalue weighted by Crippen LogP contribution is -2.29. The van der Waals surface area contributed by atoms with Gasteiger partial charge in [0.1, 0.15) is 16.6 Å². The lowest BCUT2D eigenvalue weighted by Gasteiger charge is -2.15. The normalized spacial score (nSPS) is 10.8. The van der Waals surface area contributed by atoms with E-state index in [0.717, 1.165) is 22.0 Å². The Morgan fingerprint density at radius 3 is 2.85 bits per heavy atom. The minimum Gasteiger partial charge on any atom is -0.497 e. The van der Waals surface area contributed by atoms with Crippen molar-refractivity contribution in [1.29, 1.82) is 0 Å². The Kier molecular flexibility index (Phi) is 6.16. The number of nitrogens with one attached hydrogen (secondary N) is 1. The summed E-state index contributed by atoms with van der Waals surface area (Å²) in [6.07, 6.45) is 0. The number of hydrogen-bond acceptors (Lipinski definition) is 5. The standard InChI is InChI=1S/C20H20FN3O2S/c1-24(12-19(25)22-16-7-4-6-15(21)10-16)11-17-13-27-20(23-17)14-5-3-8-18(9-14)26-2/h3-10,13H,11-12H2,1-2H3,(H,22,25). The van der Waals surface area contributed by atoms with Gasteiger partial charge in [-0.2, -0.15) is 0 Å². The van der Waals surface area contributed by atoms with Gasteiger partial charge in [-0.25, -0.2) is 9.37 Å². The second kappa shape index (κ2) is 8.75. The number of anilines is 1. The predicted molar refractivity (Wildman–Crippen MR) is 105 cm³/mol. The fraction of sp³-hybridized carbons (Fsp3) is 0.200. The highest BCUT2D eigenvalue weighted by Gasteiger charge is 2.11. The van der Waals surface area contributed by atoms with Gasteiger partial charge in [0.2, 0.25) is 5.91 Å². The van der Waals surface area contributed by atoms with Crippen molar-refractivity contribution in [1.82, 2.24) is 9.88 Å². The van der Waals surface area contributed by atoms with Crippen LogP contribution < -0.4 is 10.1 Å². The molecule has 7 heteroatoms. The molecule has 27 heavy (non-hydrogen) atoms. The molecular weight excluding hydrogens is 365 g/mol. The van der Waals surface area contributed by atoms with Crippen LogP contribution in [0.25, 0.3) is 10.6 Å². The van der Waals surface area contributed by atoms with E-state index >= 15 is 0 Å². The average molecular weight is 385 g/mol. The molecule has 0 saturated carbocycles. The number of amides is 1. The first kappa shape index (κ1) is 19.0. The van der Waals surface area contributed by atoms with Crippen LogP contribution in [-0.4, -0.2) is 36.5 Å². The Morgan fingerprint density at radius 1 is 1.26 bits per heavy atom. The highest BCUT2D eigenvalue weighted by Crippen LogP contribution is 2.27. The zero-order chi connectivity index (χ0) is 19.2. The molecule has 1 amide bonds. The van der Waals surface area contributed by atoms with Crippen molar-refractivity contribution in [2.45, 2.75) is 6.54 Å². The molecule has 140 valence electrons. The number of carbonyl (C=O) groups excluding carboxylic acids is 1. The zero-order valence-electron chi connectivity index (χ0n) is 15.1. The number of halogens is 1. The summed E-state index contributed by atoms with van der Waals surface area (Å²) in [5.74, 6) is 0.204. The Balaban J connectivity index is 1.57. The molecule has 0 radical (unpaired) electrons. The second-order valence-corrected chi connectivity index (χ2v) is 6.96. The van der Waals surface area contributed by atoms with Gasteiger partial charge in [-0.1, -0.05) is 18.2 Å². The average Bonchev–Trinajstić information content (AvgIpc) is 3.10. The van der Waals surface area contributed by atoms with Crippen LogP contribution in [0.5, 0.6) is 5.75 Å². The van der Waals surface area contributed by atoms with Crippen LogP contribution in [0, 0.1) is 5.82 Å². The van der Waals surface area contributed by atoms with Gasteiger partial charge in [0, 0.05) is 23.2 Å². The fourth-order valence-electron chi connectivity index (χ4n) is 2.61. The van der Waals surface area contributed by atoms with E-state index in [0.29, 0.717) is 12.2 Å². The summed E-state index contributed by atoms with van der Waals surface area (Å²) in [5.41, 5.74) is 2.33. The molecule has 5 nitrogen and oxygen atoms in total. The van der Waals surface area contributed by atoms with Crippen molar-refractivity contribution in [2.24, 2.45) is 0 Å². The number of benzene rings is 2. The quantitative estimate of drug-likeness (QED) is 0.667. The lowest BCUT2D eigenvalue weighted by molar-refractivity contribution is -0.117. The number of hydrogen-bond donors (Lipinski definition) is 1. The highest BCUT2D eigenvalue weighted by molar-refractivity contribution is 7.13. The first-order valence-corrected chi connectivity index (χ1v) is 9.24. The van der Waals surface area contributed by atoms with Gasteiger partial charge in [-0.15, -0.1) is 11.3 Å². The minimum atomic E-state index is -0.381. The van der Waals surface area contributed by atoms with E-state index in [4.69, 9.17) is 4.74 Å². The summed E-state index contributed by atoms with van der Waals surface area (Å²) < 4.78 is 18.4. The van der Waals surface area contributed by atoms with E-state index < -0.39 is 0 Å². The Bertz CT molecular complexity index is 929. The van der Waals surface area contributed by atoms with Gasteiger partial charge < -0.3 is 10.1 Å². The largest absolute Gasteiger partial charge is 0.497 e. The third-order valence-corrected chi connectivity index (χ3v) is 4.76. The van der Waals surface area contributed by atoms with Gasteiger partial charge in [0.05, 0.1) is 19.3 Å². The third-order valence-electron chi connectivity index (χ3n) is 3.82. The Hall–Kier alpha value is -2.77. The lowest BCUT2D eigenvalue weighted by atomic mass is 10.2. The third kappa shape index (κ3) is 5.35. The number of nitrogens with zero attached hydrogens (tertiary/aromatic N) is 2. The van der Waals surface area contributed by atoms with Gasteiger partial charge in [-0.05, 0) is 37.4 Å². The molecule has 0 fully saturated rings. The first-order chi connectivity index (χ1) is 13.0. The molecule has 0 aliphatic heterocycles. The van der Waals surface area contributed by atoms with Crippen molar-refractivity contribution in [3.63, 3.8) is 0 Å². The van der Waals surface area contributed by atoms with Crippen LogP contribution >= 0.6 is 11.3 Å². The summed E-state index contributed by atoms with van der Waals surface area (Å²) in [5, 5.41) is 5.58. The van der Waals surface area contributed by atoms with Gasteiger partial charge >= 0.3 is 0 Å². The summed E-state index contributed by atoms with van der Waals surface area (Å²) in [4.78, 5) is 18.6. The van der Waals surface area contributed by atoms with Crippen LogP contribution in [-0.2, 0) is 11.3 Å². The molecule has 2 aromatic carbocycles. The van der Waals surface area contributed by atoms with Crippen LogP contribution in [0.3, 0.4) is 0 Å². The molecule has 1 N–H and O–H groups in total. The van der Waals surface area contributed by atoms with E-state index in [1.807, 2.05) is 41.6 Å². The zero-order valence-corrected chi connectivity index (χ0v) is 15.9.